The maximum absolute atomic E-state index is 13.0. The molecule has 33 heavy (non-hydrogen) atoms. The third-order valence-corrected chi connectivity index (χ3v) is 8.15. The lowest BCUT2D eigenvalue weighted by Gasteiger charge is -2.12. The van der Waals surface area contributed by atoms with Gasteiger partial charge in [0.2, 0.25) is 10.0 Å². The van der Waals surface area contributed by atoms with Crippen LogP contribution in [0.2, 0.25) is 0 Å². The maximum Gasteiger partial charge on any atom is 0.262 e. The normalized spacial score (nSPS) is 12.1. The molecule has 0 radical (unpaired) electrons. The number of allylic oxidation sites excluding steroid dienone is 1. The maximum atomic E-state index is 13.0. The number of rotatable bonds is 8. The van der Waals surface area contributed by atoms with Gasteiger partial charge in [0.05, 0.1) is 32.6 Å². The molecule has 0 aliphatic carbocycles. The van der Waals surface area contributed by atoms with Gasteiger partial charge in [-0.3, -0.25) is 9.36 Å². The average molecular weight is 484 g/mol. The first-order chi connectivity index (χ1) is 15.8. The standard InChI is InChI=1S/C23H25N5O3S2/c1-5-13-28-22(29)17-9-7-8-10-18(17)25-23(28)32-15-21-24-19-14-16(33(30,31)26(3)4)11-12-20(19)27(21)6-2/h5,7-12,14H,1,6,13,15H2,2-4H3. The van der Waals surface area contributed by atoms with Crippen molar-refractivity contribution in [2.75, 3.05) is 14.1 Å². The van der Waals surface area contributed by atoms with E-state index in [2.05, 4.69) is 6.58 Å². The summed E-state index contributed by atoms with van der Waals surface area (Å²) in [5.41, 5.74) is 2.02. The van der Waals surface area contributed by atoms with E-state index in [-0.39, 0.29) is 10.5 Å². The van der Waals surface area contributed by atoms with Crippen LogP contribution >= 0.6 is 11.8 Å². The van der Waals surface area contributed by atoms with Crippen LogP contribution in [0.4, 0.5) is 0 Å². The Balaban J connectivity index is 1.74. The second-order valence-corrected chi connectivity index (χ2v) is 10.7. The van der Waals surface area contributed by atoms with Gasteiger partial charge in [0, 0.05) is 27.2 Å². The first kappa shape index (κ1) is 23.2. The Morgan fingerprint density at radius 1 is 1.09 bits per heavy atom. The summed E-state index contributed by atoms with van der Waals surface area (Å²) >= 11 is 1.42. The molecule has 0 saturated heterocycles. The van der Waals surface area contributed by atoms with E-state index < -0.39 is 10.0 Å². The highest BCUT2D eigenvalue weighted by Gasteiger charge is 2.20. The smallest absolute Gasteiger partial charge is 0.262 e. The third kappa shape index (κ3) is 4.21. The first-order valence-corrected chi connectivity index (χ1v) is 12.9. The Labute approximate surface area is 196 Å². The fourth-order valence-electron chi connectivity index (χ4n) is 3.67. The van der Waals surface area contributed by atoms with Gasteiger partial charge in [-0.1, -0.05) is 30.0 Å². The van der Waals surface area contributed by atoms with Crippen molar-refractivity contribution in [1.82, 2.24) is 23.4 Å². The van der Waals surface area contributed by atoms with Gasteiger partial charge in [0.15, 0.2) is 5.16 Å². The fourth-order valence-corrected chi connectivity index (χ4v) is 5.55. The summed E-state index contributed by atoms with van der Waals surface area (Å²) in [4.78, 5) is 22.6. The molecule has 2 aromatic carbocycles. The van der Waals surface area contributed by atoms with Crippen LogP contribution < -0.4 is 5.56 Å². The summed E-state index contributed by atoms with van der Waals surface area (Å²) in [5.74, 6) is 1.25. The van der Waals surface area contributed by atoms with Crippen LogP contribution in [0.1, 0.15) is 12.7 Å². The molecule has 0 fully saturated rings. The Bertz CT molecular complexity index is 1520. The van der Waals surface area contributed by atoms with Crippen LogP contribution in [0.5, 0.6) is 0 Å². The number of nitrogens with zero attached hydrogens (tertiary/aromatic N) is 5. The van der Waals surface area contributed by atoms with Crippen LogP contribution in [0.15, 0.2) is 70.0 Å². The van der Waals surface area contributed by atoms with Gasteiger partial charge >= 0.3 is 0 Å². The van der Waals surface area contributed by atoms with E-state index in [1.165, 1.54) is 30.2 Å². The summed E-state index contributed by atoms with van der Waals surface area (Å²) in [7, 11) is -0.539. The van der Waals surface area contributed by atoms with Crippen LogP contribution in [-0.4, -0.2) is 45.9 Å². The molecule has 8 nitrogen and oxygen atoms in total. The first-order valence-electron chi connectivity index (χ1n) is 10.4. The number of hydrogen-bond donors (Lipinski definition) is 0. The lowest BCUT2D eigenvalue weighted by molar-refractivity contribution is 0.521. The fraction of sp³-hybridized carbons (Fsp3) is 0.261. The second-order valence-electron chi connectivity index (χ2n) is 7.61. The van der Waals surface area contributed by atoms with Gasteiger partial charge in [-0.25, -0.2) is 22.7 Å². The van der Waals surface area contributed by atoms with Gasteiger partial charge in [-0.15, -0.1) is 6.58 Å². The zero-order chi connectivity index (χ0) is 23.8. The minimum absolute atomic E-state index is 0.106. The molecule has 2 heterocycles. The molecule has 0 aliphatic heterocycles. The number of hydrogen-bond acceptors (Lipinski definition) is 6. The van der Waals surface area contributed by atoms with Crippen LogP contribution in [0.25, 0.3) is 21.9 Å². The number of para-hydroxylation sites is 1. The van der Waals surface area contributed by atoms with Gasteiger partial charge in [0.25, 0.3) is 5.56 Å². The largest absolute Gasteiger partial charge is 0.328 e. The summed E-state index contributed by atoms with van der Waals surface area (Å²) in [6.45, 7) is 6.82. The highest BCUT2D eigenvalue weighted by molar-refractivity contribution is 7.98. The van der Waals surface area contributed by atoms with E-state index in [0.29, 0.717) is 40.4 Å². The van der Waals surface area contributed by atoms with Gasteiger partial charge in [-0.05, 0) is 37.3 Å². The summed E-state index contributed by atoms with van der Waals surface area (Å²) in [5, 5.41) is 1.16. The molecular weight excluding hydrogens is 458 g/mol. The van der Waals surface area contributed by atoms with Crippen LogP contribution in [-0.2, 0) is 28.9 Å². The molecule has 0 aliphatic rings. The van der Waals surface area contributed by atoms with E-state index >= 15 is 0 Å². The van der Waals surface area contributed by atoms with Crippen LogP contribution in [0, 0.1) is 0 Å². The van der Waals surface area contributed by atoms with Crippen molar-refractivity contribution in [3.05, 3.63) is 71.3 Å². The summed E-state index contributed by atoms with van der Waals surface area (Å²) in [6, 6.07) is 12.3. The van der Waals surface area contributed by atoms with Crippen molar-refractivity contribution in [3.63, 3.8) is 0 Å². The topological polar surface area (TPSA) is 90.1 Å². The Morgan fingerprint density at radius 3 is 2.55 bits per heavy atom. The molecular formula is C23H25N5O3S2. The number of fused-ring (bicyclic) bond motifs is 2. The molecule has 172 valence electrons. The Hall–Kier alpha value is -2.95. The van der Waals surface area contributed by atoms with E-state index in [1.807, 2.05) is 29.7 Å². The minimum Gasteiger partial charge on any atom is -0.328 e. The lowest BCUT2D eigenvalue weighted by atomic mass is 10.2. The molecule has 0 spiro atoms. The zero-order valence-electron chi connectivity index (χ0n) is 18.7. The second kappa shape index (κ2) is 9.12. The SMILES string of the molecule is C=CCn1c(SCc2nc3cc(S(=O)(=O)N(C)C)ccc3n2CC)nc2ccccc2c1=O. The average Bonchev–Trinajstić information content (AvgIpc) is 3.16. The zero-order valence-corrected chi connectivity index (χ0v) is 20.4. The van der Waals surface area contributed by atoms with Gasteiger partial charge in [0.1, 0.15) is 5.82 Å². The molecule has 0 atom stereocenters. The minimum atomic E-state index is -3.55. The Kier molecular flexibility index (Phi) is 6.42. The molecule has 0 N–H and O–H groups in total. The molecule has 10 heteroatoms. The number of aryl methyl sites for hydroxylation is 1. The molecule has 0 unspecified atom stereocenters. The summed E-state index contributed by atoms with van der Waals surface area (Å²) in [6.07, 6.45) is 1.68. The van der Waals surface area contributed by atoms with Crippen molar-refractivity contribution < 1.29 is 8.42 Å². The number of imidazole rings is 1. The molecule has 2 aromatic heterocycles. The van der Waals surface area contributed by atoms with Crippen LogP contribution in [0.3, 0.4) is 0 Å². The van der Waals surface area contributed by atoms with E-state index in [0.717, 1.165) is 11.3 Å². The van der Waals surface area contributed by atoms with Gasteiger partial charge in [-0.2, -0.15) is 0 Å². The number of thioether (sulfide) groups is 1. The van der Waals surface area contributed by atoms with E-state index in [9.17, 15) is 13.2 Å². The van der Waals surface area contributed by atoms with Crippen molar-refractivity contribution >= 4 is 43.7 Å². The quantitative estimate of drug-likeness (QED) is 0.216. The summed E-state index contributed by atoms with van der Waals surface area (Å²) < 4.78 is 29.9. The molecule has 0 bridgehead atoms. The predicted molar refractivity (Wildman–Crippen MR) is 132 cm³/mol. The Morgan fingerprint density at radius 2 is 1.85 bits per heavy atom. The van der Waals surface area contributed by atoms with Crippen molar-refractivity contribution in [3.8, 4) is 0 Å². The van der Waals surface area contributed by atoms with E-state index in [4.69, 9.17) is 9.97 Å². The number of aromatic nitrogens is 4. The number of sulfonamides is 1. The van der Waals surface area contributed by atoms with E-state index in [1.54, 1.807) is 34.9 Å². The van der Waals surface area contributed by atoms with Gasteiger partial charge < -0.3 is 4.57 Å². The van der Waals surface area contributed by atoms with Crippen molar-refractivity contribution in [1.29, 1.82) is 0 Å². The monoisotopic (exact) mass is 483 g/mol. The molecule has 4 aromatic rings. The molecule has 4 rings (SSSR count). The highest BCUT2D eigenvalue weighted by atomic mass is 32.2. The third-order valence-electron chi connectivity index (χ3n) is 5.36. The molecule has 0 saturated carbocycles. The van der Waals surface area contributed by atoms with Crippen molar-refractivity contribution in [2.24, 2.45) is 0 Å². The number of benzene rings is 2. The predicted octanol–water partition coefficient (Wildman–Crippen LogP) is 3.49. The lowest BCUT2D eigenvalue weighted by Crippen LogP contribution is -2.22. The highest BCUT2D eigenvalue weighted by Crippen LogP contribution is 2.27. The molecule has 0 amide bonds. The van der Waals surface area contributed by atoms with Crippen molar-refractivity contribution in [2.45, 2.75) is 35.8 Å².